The van der Waals surface area contributed by atoms with E-state index in [9.17, 15) is 4.79 Å². The van der Waals surface area contributed by atoms with Gasteiger partial charge in [0.05, 0.1) is 21.3 Å². The molecule has 5 rings (SSSR count). The van der Waals surface area contributed by atoms with E-state index in [1.54, 1.807) is 21.3 Å². The first-order chi connectivity index (χ1) is 15.5. The molecule has 2 aromatic carbocycles. The Bertz CT molecular complexity index is 1080. The topological polar surface area (TPSA) is 44.8 Å². The highest BCUT2D eigenvalue weighted by atomic mass is 16.5. The number of ether oxygens (including phenoxy) is 3. The summed E-state index contributed by atoms with van der Waals surface area (Å²) in [6.45, 7) is 2.22. The third-order valence-corrected chi connectivity index (χ3v) is 8.32. The number of carbonyl (C=O) groups is 1. The Labute approximate surface area is 190 Å². The normalized spacial score (nSPS) is 29.8. The highest BCUT2D eigenvalue weighted by molar-refractivity contribution is 6.06. The van der Waals surface area contributed by atoms with Gasteiger partial charge in [0.2, 0.25) is 0 Å². The second kappa shape index (κ2) is 7.99. The van der Waals surface area contributed by atoms with Gasteiger partial charge < -0.3 is 14.2 Å². The Morgan fingerprint density at radius 3 is 2.53 bits per heavy atom. The number of rotatable bonds is 4. The molecule has 0 saturated heterocycles. The maximum absolute atomic E-state index is 13.6. The number of benzene rings is 2. The van der Waals surface area contributed by atoms with Gasteiger partial charge in [0.25, 0.3) is 0 Å². The first kappa shape index (κ1) is 21.1. The molecule has 0 radical (unpaired) electrons. The Balaban J connectivity index is 1.45. The van der Waals surface area contributed by atoms with Crippen LogP contribution in [0.1, 0.15) is 55.2 Å². The zero-order valence-electron chi connectivity index (χ0n) is 19.4. The minimum Gasteiger partial charge on any atom is -0.497 e. The van der Waals surface area contributed by atoms with Gasteiger partial charge in [-0.25, -0.2) is 0 Å². The number of fused-ring (bicyclic) bond motifs is 5. The van der Waals surface area contributed by atoms with Gasteiger partial charge in [-0.15, -0.1) is 0 Å². The predicted octanol–water partition coefficient (Wildman–Crippen LogP) is 5.83. The Hall–Kier alpha value is -2.75. The summed E-state index contributed by atoms with van der Waals surface area (Å²) in [7, 11) is 5.01. The van der Waals surface area contributed by atoms with Crippen LogP contribution in [-0.4, -0.2) is 27.1 Å². The van der Waals surface area contributed by atoms with E-state index in [0.717, 1.165) is 49.0 Å². The van der Waals surface area contributed by atoms with E-state index in [1.165, 1.54) is 11.1 Å². The molecule has 0 heterocycles. The minimum atomic E-state index is -0.243. The lowest BCUT2D eigenvalue weighted by Gasteiger charge is -2.48. The molecule has 3 aliphatic rings. The Morgan fingerprint density at radius 1 is 0.969 bits per heavy atom. The summed E-state index contributed by atoms with van der Waals surface area (Å²) >= 11 is 0. The van der Waals surface area contributed by atoms with Crippen molar-refractivity contribution in [2.24, 2.45) is 17.3 Å². The number of carbonyl (C=O) groups excluding carboxylic acids is 1. The van der Waals surface area contributed by atoms with Gasteiger partial charge in [0.1, 0.15) is 5.75 Å². The lowest BCUT2D eigenvalue weighted by atomic mass is 9.55. The van der Waals surface area contributed by atoms with E-state index in [1.807, 2.05) is 18.2 Å². The molecule has 3 aliphatic carbocycles. The van der Waals surface area contributed by atoms with Gasteiger partial charge in [-0.3, -0.25) is 4.79 Å². The zero-order chi connectivity index (χ0) is 22.5. The van der Waals surface area contributed by atoms with Crippen LogP contribution in [-0.2, 0) is 11.2 Å². The van der Waals surface area contributed by atoms with Crippen LogP contribution < -0.4 is 14.2 Å². The Kier molecular flexibility index (Phi) is 5.27. The van der Waals surface area contributed by atoms with Crippen molar-refractivity contribution in [2.45, 2.75) is 44.9 Å². The van der Waals surface area contributed by atoms with Crippen molar-refractivity contribution in [3.05, 3.63) is 58.7 Å². The average Bonchev–Trinajstić information content (AvgIpc) is 3.08. The lowest BCUT2D eigenvalue weighted by Crippen LogP contribution is -2.42. The fraction of sp³-hybridized carbons (Fsp3) is 0.464. The third-order valence-electron chi connectivity index (χ3n) is 8.32. The molecule has 0 aliphatic heterocycles. The highest BCUT2D eigenvalue weighted by Gasteiger charge is 2.56. The molecule has 2 saturated carbocycles. The van der Waals surface area contributed by atoms with E-state index in [4.69, 9.17) is 14.2 Å². The summed E-state index contributed by atoms with van der Waals surface area (Å²) in [4.78, 5) is 13.6. The molecule has 0 bridgehead atoms. The number of allylic oxidation sites excluding steroid dienone is 1. The fourth-order valence-electron chi connectivity index (χ4n) is 6.63. The third kappa shape index (κ3) is 3.23. The largest absolute Gasteiger partial charge is 0.497 e. The number of hydrogen-bond donors (Lipinski definition) is 0. The molecule has 168 valence electrons. The maximum Gasteiger partial charge on any atom is 0.165 e. The van der Waals surface area contributed by atoms with E-state index >= 15 is 0 Å². The molecule has 32 heavy (non-hydrogen) atoms. The van der Waals surface area contributed by atoms with Crippen LogP contribution in [0.2, 0.25) is 0 Å². The number of hydrogen-bond acceptors (Lipinski definition) is 4. The monoisotopic (exact) mass is 432 g/mol. The van der Waals surface area contributed by atoms with E-state index in [2.05, 4.69) is 31.2 Å². The van der Waals surface area contributed by atoms with E-state index in [-0.39, 0.29) is 5.41 Å². The van der Waals surface area contributed by atoms with Gasteiger partial charge >= 0.3 is 0 Å². The smallest absolute Gasteiger partial charge is 0.165 e. The summed E-state index contributed by atoms with van der Waals surface area (Å²) < 4.78 is 16.3. The molecular weight excluding hydrogens is 400 g/mol. The van der Waals surface area contributed by atoms with Crippen LogP contribution in [0.4, 0.5) is 0 Å². The standard InChI is InChI=1S/C28H32O4/c1-28-12-11-22-21-9-7-20(30-2)15-18(21)6-8-23(22)24(28)16-19(27(28)29)13-17-5-10-25(31-3)26(14-17)32-4/h5,7,9-10,13-15,22-24H,6,8,11-12,16H2,1-4H3/t22-,23-,24+,28+/m1/s1. The second-order valence-electron chi connectivity index (χ2n) is 9.75. The second-order valence-corrected chi connectivity index (χ2v) is 9.75. The lowest BCUT2D eigenvalue weighted by molar-refractivity contribution is -0.127. The van der Waals surface area contributed by atoms with Crippen LogP contribution >= 0.6 is 0 Å². The SMILES string of the molecule is COc1ccc2c(c1)CC[C@@H]1[C@@H]2CC[C@]2(C)C(=O)C(=Cc3ccc(OC)c(OC)c3)C[C@@H]12. The molecular formula is C28H32O4. The molecule has 4 atom stereocenters. The molecule has 2 fully saturated rings. The predicted molar refractivity (Wildman–Crippen MR) is 126 cm³/mol. The van der Waals surface area contributed by atoms with Crippen molar-refractivity contribution in [1.29, 1.82) is 0 Å². The summed E-state index contributed by atoms with van der Waals surface area (Å²) in [6.07, 6.45) is 7.23. The number of Topliss-reactive ketones (excluding diaryl/α,β-unsaturated/α-hetero) is 1. The van der Waals surface area contributed by atoms with Crippen molar-refractivity contribution < 1.29 is 19.0 Å². The minimum absolute atomic E-state index is 0.243. The Morgan fingerprint density at radius 2 is 1.78 bits per heavy atom. The molecule has 0 unspecified atom stereocenters. The summed E-state index contributed by atoms with van der Waals surface area (Å²) in [5.41, 5.74) is 4.62. The summed E-state index contributed by atoms with van der Waals surface area (Å²) in [6, 6.07) is 12.4. The van der Waals surface area contributed by atoms with Crippen LogP contribution in [0.3, 0.4) is 0 Å². The first-order valence-corrected chi connectivity index (χ1v) is 11.6. The number of methoxy groups -OCH3 is 3. The summed E-state index contributed by atoms with van der Waals surface area (Å²) in [5.74, 6) is 4.21. The van der Waals surface area contributed by atoms with Gasteiger partial charge in [0.15, 0.2) is 17.3 Å². The molecule has 0 spiro atoms. The van der Waals surface area contributed by atoms with Gasteiger partial charge in [0, 0.05) is 5.41 Å². The van der Waals surface area contributed by atoms with Crippen LogP contribution in [0, 0.1) is 17.3 Å². The van der Waals surface area contributed by atoms with E-state index in [0.29, 0.717) is 35.0 Å². The van der Waals surface area contributed by atoms with Crippen LogP contribution in [0.15, 0.2) is 42.0 Å². The molecule has 2 aromatic rings. The highest BCUT2D eigenvalue weighted by Crippen LogP contribution is 2.61. The first-order valence-electron chi connectivity index (χ1n) is 11.6. The molecule has 4 heteroatoms. The van der Waals surface area contributed by atoms with Gasteiger partial charge in [-0.1, -0.05) is 19.1 Å². The van der Waals surface area contributed by atoms with Crippen molar-refractivity contribution >= 4 is 11.9 Å². The van der Waals surface area contributed by atoms with Crippen molar-refractivity contribution in [2.75, 3.05) is 21.3 Å². The van der Waals surface area contributed by atoms with Gasteiger partial charge in [-0.2, -0.15) is 0 Å². The molecule has 0 N–H and O–H groups in total. The maximum atomic E-state index is 13.6. The number of ketones is 1. The van der Waals surface area contributed by atoms with Crippen molar-refractivity contribution in [3.63, 3.8) is 0 Å². The fourth-order valence-corrected chi connectivity index (χ4v) is 6.63. The quantitative estimate of drug-likeness (QED) is 0.570. The zero-order valence-corrected chi connectivity index (χ0v) is 19.4. The van der Waals surface area contributed by atoms with Crippen LogP contribution in [0.25, 0.3) is 6.08 Å². The van der Waals surface area contributed by atoms with Gasteiger partial charge in [-0.05, 0) is 102 Å². The number of aryl methyl sites for hydroxylation is 1. The van der Waals surface area contributed by atoms with Crippen LogP contribution in [0.5, 0.6) is 17.2 Å². The molecule has 0 amide bonds. The molecule has 0 aromatic heterocycles. The van der Waals surface area contributed by atoms with Crippen molar-refractivity contribution in [3.8, 4) is 17.2 Å². The summed E-state index contributed by atoms with van der Waals surface area (Å²) in [5, 5.41) is 0. The average molecular weight is 433 g/mol. The molecule has 4 nitrogen and oxygen atoms in total. The van der Waals surface area contributed by atoms with Crippen molar-refractivity contribution in [1.82, 2.24) is 0 Å². The van der Waals surface area contributed by atoms with E-state index < -0.39 is 0 Å².